The zero-order chi connectivity index (χ0) is 24.2. The van der Waals surface area contributed by atoms with Crippen LogP contribution >= 0.6 is 11.3 Å². The Morgan fingerprint density at radius 3 is 2.64 bits per heavy atom. The molecule has 3 aromatic rings. The first-order valence-corrected chi connectivity index (χ1v) is 13.0. The Balaban J connectivity index is 1.89. The van der Waals surface area contributed by atoms with E-state index in [4.69, 9.17) is 0 Å². The van der Waals surface area contributed by atoms with Crippen molar-refractivity contribution in [1.82, 2.24) is 9.97 Å². The summed E-state index contributed by atoms with van der Waals surface area (Å²) in [6, 6.07) is 2.01. The number of halogens is 2. The van der Waals surface area contributed by atoms with E-state index in [0.717, 1.165) is 25.0 Å². The van der Waals surface area contributed by atoms with Crippen LogP contribution in [0.25, 0.3) is 10.2 Å². The number of sulfonamides is 1. The van der Waals surface area contributed by atoms with Gasteiger partial charge in [-0.3, -0.25) is 9.52 Å². The lowest BCUT2D eigenvalue weighted by atomic mass is 10.2. The highest BCUT2D eigenvalue weighted by Gasteiger charge is 2.22. The summed E-state index contributed by atoms with van der Waals surface area (Å²) in [5.74, 6) is -2.68. The van der Waals surface area contributed by atoms with Gasteiger partial charge in [0.15, 0.2) is 5.82 Å². The highest BCUT2D eigenvalue weighted by atomic mass is 32.2. The topological polar surface area (TPSA) is 113 Å². The van der Waals surface area contributed by atoms with Crippen LogP contribution in [-0.4, -0.2) is 36.1 Å². The van der Waals surface area contributed by atoms with Crippen LogP contribution in [0, 0.1) is 11.6 Å². The van der Waals surface area contributed by atoms with Gasteiger partial charge in [-0.25, -0.2) is 27.2 Å². The molecule has 8 nitrogen and oxygen atoms in total. The smallest absolute Gasteiger partial charge is 0.258 e. The van der Waals surface area contributed by atoms with Gasteiger partial charge in [0.2, 0.25) is 10.0 Å². The fourth-order valence-corrected chi connectivity index (χ4v) is 5.35. The van der Waals surface area contributed by atoms with Crippen molar-refractivity contribution in [3.05, 3.63) is 41.0 Å². The summed E-state index contributed by atoms with van der Waals surface area (Å²) in [6.07, 6.45) is 3.56. The Kier molecular flexibility index (Phi) is 7.80. The van der Waals surface area contributed by atoms with Gasteiger partial charge >= 0.3 is 0 Å². The van der Waals surface area contributed by atoms with Crippen molar-refractivity contribution in [2.24, 2.45) is 0 Å². The minimum Gasteiger partial charge on any atom is -0.366 e. The quantitative estimate of drug-likeness (QED) is 0.364. The van der Waals surface area contributed by atoms with Crippen LogP contribution in [0.1, 0.15) is 50.4 Å². The summed E-state index contributed by atoms with van der Waals surface area (Å²) in [6.45, 7) is 5.75. The average Bonchev–Trinajstić information content (AvgIpc) is 3.18. The van der Waals surface area contributed by atoms with Crippen molar-refractivity contribution in [2.45, 2.75) is 46.1 Å². The Hall–Kier alpha value is -2.86. The Morgan fingerprint density at radius 2 is 1.94 bits per heavy atom. The predicted octanol–water partition coefficient (Wildman–Crippen LogP) is 4.97. The molecule has 0 aliphatic rings. The lowest BCUT2D eigenvalue weighted by Gasteiger charge is -2.14. The summed E-state index contributed by atoms with van der Waals surface area (Å²) in [5, 5.41) is 7.04. The first-order chi connectivity index (χ1) is 15.7. The number of fused-ring (bicyclic) bond motifs is 1. The second-order valence-corrected chi connectivity index (χ2v) is 10.3. The van der Waals surface area contributed by atoms with E-state index in [1.165, 1.54) is 23.0 Å². The van der Waals surface area contributed by atoms with Gasteiger partial charge in [0.1, 0.15) is 23.6 Å². The Morgan fingerprint density at radius 1 is 1.18 bits per heavy atom. The molecule has 1 amide bonds. The molecule has 0 spiro atoms. The molecule has 1 unspecified atom stereocenters. The highest BCUT2D eigenvalue weighted by Crippen LogP contribution is 2.32. The second-order valence-electron chi connectivity index (χ2n) is 7.54. The summed E-state index contributed by atoms with van der Waals surface area (Å²) < 4.78 is 55.9. The van der Waals surface area contributed by atoms with Crippen LogP contribution in [0.2, 0.25) is 0 Å². The number of benzene rings is 1. The molecule has 1 aromatic carbocycles. The molecule has 178 valence electrons. The van der Waals surface area contributed by atoms with E-state index in [0.29, 0.717) is 22.5 Å². The summed E-state index contributed by atoms with van der Waals surface area (Å²) in [4.78, 5) is 21.3. The maximum atomic E-state index is 14.9. The van der Waals surface area contributed by atoms with Gasteiger partial charge in [-0.1, -0.05) is 20.3 Å². The van der Waals surface area contributed by atoms with E-state index in [2.05, 4.69) is 32.2 Å². The third kappa shape index (κ3) is 5.74. The molecular weight excluding hydrogens is 472 g/mol. The number of nitrogens with zero attached hydrogens (tertiary/aromatic N) is 2. The third-order valence-electron chi connectivity index (χ3n) is 4.77. The van der Waals surface area contributed by atoms with Crippen LogP contribution in [0.3, 0.4) is 0 Å². The molecule has 3 rings (SSSR count). The summed E-state index contributed by atoms with van der Waals surface area (Å²) >= 11 is 1.24. The van der Waals surface area contributed by atoms with E-state index in [-0.39, 0.29) is 17.4 Å². The maximum Gasteiger partial charge on any atom is 0.258 e. The number of nitrogens with one attached hydrogen (secondary N) is 3. The van der Waals surface area contributed by atoms with Crippen molar-refractivity contribution < 1.29 is 22.0 Å². The van der Waals surface area contributed by atoms with Gasteiger partial charge in [0, 0.05) is 11.4 Å². The van der Waals surface area contributed by atoms with Gasteiger partial charge in [0.25, 0.3) is 5.91 Å². The molecular formula is C21H25F2N5O3S2. The predicted molar refractivity (Wildman–Crippen MR) is 127 cm³/mol. The van der Waals surface area contributed by atoms with E-state index < -0.39 is 38.9 Å². The fraction of sp³-hybridized carbons (Fsp3) is 0.381. The molecule has 33 heavy (non-hydrogen) atoms. The largest absolute Gasteiger partial charge is 0.366 e. The molecule has 3 N–H and O–H groups in total. The molecule has 0 aliphatic heterocycles. The number of anilines is 3. The Labute approximate surface area is 194 Å². The average molecular weight is 498 g/mol. The van der Waals surface area contributed by atoms with Gasteiger partial charge in [-0.2, -0.15) is 0 Å². The number of amides is 1. The third-order valence-corrected chi connectivity index (χ3v) is 7.22. The number of carbonyl (C=O) groups is 1. The lowest BCUT2D eigenvalue weighted by Crippen LogP contribution is -2.19. The molecule has 0 aliphatic carbocycles. The highest BCUT2D eigenvalue weighted by molar-refractivity contribution is 7.92. The minimum atomic E-state index is -3.80. The molecule has 0 radical (unpaired) electrons. The van der Waals surface area contributed by atoms with E-state index in [1.807, 2.05) is 6.92 Å². The van der Waals surface area contributed by atoms with Crippen LogP contribution in [0.4, 0.5) is 26.0 Å². The molecule has 0 saturated heterocycles. The first kappa shape index (κ1) is 24.8. The van der Waals surface area contributed by atoms with Crippen molar-refractivity contribution in [3.63, 3.8) is 0 Å². The van der Waals surface area contributed by atoms with Crippen molar-refractivity contribution in [2.75, 3.05) is 21.1 Å². The molecule has 0 bridgehead atoms. The number of carbonyl (C=O) groups excluding carboxylic acids is 1. The van der Waals surface area contributed by atoms with Gasteiger partial charge in [0.05, 0.1) is 27.2 Å². The van der Waals surface area contributed by atoms with Gasteiger partial charge < -0.3 is 10.6 Å². The number of hydrogen-bond donors (Lipinski definition) is 3. The maximum absolute atomic E-state index is 14.9. The SMILES string of the molecule is CCCC(C)Nc1ncnc2c(C(=O)Nc3c(F)ccc(NS(=O)(=O)CCC)c3F)csc12. The number of aromatic nitrogens is 2. The molecule has 2 aromatic heterocycles. The molecule has 0 fully saturated rings. The molecule has 12 heteroatoms. The van der Waals surface area contributed by atoms with E-state index >= 15 is 0 Å². The molecule has 0 saturated carbocycles. The zero-order valence-electron chi connectivity index (χ0n) is 18.4. The standard InChI is InChI=1S/C21H25F2N5O3S2/c1-4-6-12(3)26-20-19-17(24-11-25-20)13(10-32-19)21(29)27-18-14(22)7-8-15(16(18)23)28-33(30,31)9-5-2/h7-8,10-12,28H,4-6,9H2,1-3H3,(H,27,29)(H,24,25,26). The van der Waals surface area contributed by atoms with Crippen molar-refractivity contribution in [3.8, 4) is 0 Å². The number of rotatable bonds is 10. The summed E-state index contributed by atoms with van der Waals surface area (Å²) in [7, 11) is -3.80. The summed E-state index contributed by atoms with van der Waals surface area (Å²) in [5.41, 5.74) is -0.729. The van der Waals surface area contributed by atoms with E-state index in [1.54, 1.807) is 6.92 Å². The minimum absolute atomic E-state index is 0.124. The normalized spacial score (nSPS) is 12.5. The van der Waals surface area contributed by atoms with Crippen LogP contribution in [-0.2, 0) is 10.0 Å². The zero-order valence-corrected chi connectivity index (χ0v) is 20.0. The Bertz CT molecular complexity index is 1260. The first-order valence-electron chi connectivity index (χ1n) is 10.4. The second kappa shape index (κ2) is 10.4. The molecule has 1 atom stereocenters. The number of thiophene rings is 1. The van der Waals surface area contributed by atoms with Gasteiger partial charge in [-0.05, 0) is 31.9 Å². The lowest BCUT2D eigenvalue weighted by molar-refractivity contribution is 0.102. The van der Waals surface area contributed by atoms with Crippen LogP contribution in [0.15, 0.2) is 23.8 Å². The number of hydrogen-bond acceptors (Lipinski definition) is 7. The van der Waals surface area contributed by atoms with Crippen LogP contribution in [0.5, 0.6) is 0 Å². The van der Waals surface area contributed by atoms with Crippen LogP contribution < -0.4 is 15.4 Å². The van der Waals surface area contributed by atoms with Crippen molar-refractivity contribution in [1.29, 1.82) is 0 Å². The fourth-order valence-electron chi connectivity index (χ4n) is 3.27. The monoisotopic (exact) mass is 497 g/mol. The van der Waals surface area contributed by atoms with Gasteiger partial charge in [-0.15, -0.1) is 11.3 Å². The molecule has 2 heterocycles. The van der Waals surface area contributed by atoms with E-state index in [9.17, 15) is 22.0 Å². The van der Waals surface area contributed by atoms with Crippen molar-refractivity contribution >= 4 is 54.7 Å².